The highest BCUT2D eigenvalue weighted by Gasteiger charge is 2.19. The Bertz CT molecular complexity index is 326. The van der Waals surface area contributed by atoms with E-state index in [2.05, 4.69) is 5.32 Å². The quantitative estimate of drug-likeness (QED) is 0.383. The Kier molecular flexibility index (Phi) is 6.62. The summed E-state index contributed by atoms with van der Waals surface area (Å²) < 4.78 is 0. The maximum Gasteiger partial charge on any atom is 0.306 e. The average molecular weight is 241 g/mol. The number of carboxylic acids is 1. The number of hydrogen-bond donors (Lipinski definition) is 4. The summed E-state index contributed by atoms with van der Waals surface area (Å²) in [5.41, 5.74) is 5.35. The molecule has 0 aliphatic heterocycles. The highest BCUT2D eigenvalue weighted by atomic mass is 16.4. The van der Waals surface area contributed by atoms with Crippen molar-refractivity contribution in [2.75, 3.05) is 0 Å². The van der Waals surface area contributed by atoms with Crippen molar-refractivity contribution in [2.24, 2.45) is 11.7 Å². The van der Waals surface area contributed by atoms with Crippen LogP contribution in [0.3, 0.4) is 0 Å². The third-order valence-electron chi connectivity index (χ3n) is 2.41. The lowest BCUT2D eigenvalue weighted by molar-refractivity contribution is -0.141. The Hall–Kier alpha value is -1.85. The number of nitrogens with two attached hydrogens (primary N) is 1. The van der Waals surface area contributed by atoms with E-state index in [1.807, 2.05) is 6.92 Å². The van der Waals surface area contributed by atoms with Crippen LogP contribution in [0.4, 0.5) is 0 Å². The molecule has 96 valence electrons. The van der Waals surface area contributed by atoms with Crippen molar-refractivity contribution in [3.63, 3.8) is 0 Å². The molecular weight excluding hydrogens is 222 g/mol. The van der Waals surface area contributed by atoms with Crippen LogP contribution < -0.4 is 11.1 Å². The van der Waals surface area contributed by atoms with Gasteiger partial charge >= 0.3 is 5.97 Å². The fourth-order valence-corrected chi connectivity index (χ4v) is 1.29. The summed E-state index contributed by atoms with van der Waals surface area (Å²) in [6, 6.07) is -0.230. The summed E-state index contributed by atoms with van der Waals surface area (Å²) in [4.78, 5) is 22.2. The zero-order valence-corrected chi connectivity index (χ0v) is 10.1. The maximum atomic E-state index is 11.5. The van der Waals surface area contributed by atoms with Crippen LogP contribution in [0.2, 0.25) is 0 Å². The molecular formula is C11H19N3O3. The lowest BCUT2D eigenvalue weighted by Crippen LogP contribution is -2.39. The van der Waals surface area contributed by atoms with Crippen molar-refractivity contribution in [1.82, 2.24) is 5.32 Å². The molecule has 0 rings (SSSR count). The Morgan fingerprint density at radius 1 is 1.53 bits per heavy atom. The molecule has 1 amide bonds. The van der Waals surface area contributed by atoms with Crippen LogP contribution in [0.25, 0.3) is 0 Å². The van der Waals surface area contributed by atoms with Crippen LogP contribution in [0, 0.1) is 11.3 Å². The van der Waals surface area contributed by atoms with Crippen LogP contribution in [-0.2, 0) is 9.59 Å². The first-order valence-corrected chi connectivity index (χ1v) is 5.42. The number of allylic oxidation sites excluding steroid dienone is 1. The number of carbonyl (C=O) groups is 2. The van der Waals surface area contributed by atoms with Crippen molar-refractivity contribution < 1.29 is 14.7 Å². The van der Waals surface area contributed by atoms with Crippen molar-refractivity contribution >= 4 is 18.1 Å². The van der Waals surface area contributed by atoms with Crippen LogP contribution in [-0.4, -0.2) is 29.2 Å². The maximum absolute atomic E-state index is 11.5. The molecule has 6 nitrogen and oxygen atoms in total. The Balaban J connectivity index is 4.40. The van der Waals surface area contributed by atoms with Crippen LogP contribution in [0.15, 0.2) is 11.8 Å². The van der Waals surface area contributed by atoms with Gasteiger partial charge in [0.05, 0.1) is 11.6 Å². The van der Waals surface area contributed by atoms with Gasteiger partial charge in [0.25, 0.3) is 5.91 Å². The zero-order chi connectivity index (χ0) is 13.4. The van der Waals surface area contributed by atoms with Gasteiger partial charge in [-0.15, -0.1) is 0 Å². The van der Waals surface area contributed by atoms with Gasteiger partial charge in [0.2, 0.25) is 0 Å². The molecule has 0 heterocycles. The van der Waals surface area contributed by atoms with Gasteiger partial charge in [0, 0.05) is 12.3 Å². The molecule has 2 unspecified atom stereocenters. The molecule has 2 atom stereocenters. The number of amides is 1. The fourth-order valence-electron chi connectivity index (χ4n) is 1.29. The van der Waals surface area contributed by atoms with Gasteiger partial charge in [-0.1, -0.05) is 13.8 Å². The van der Waals surface area contributed by atoms with Crippen LogP contribution in [0.5, 0.6) is 0 Å². The fraction of sp³-hybridized carbons (Fsp3) is 0.545. The minimum atomic E-state index is -0.888. The van der Waals surface area contributed by atoms with Gasteiger partial charge in [-0.05, 0) is 18.9 Å². The number of nitrogens with one attached hydrogen (secondary N) is 2. The van der Waals surface area contributed by atoms with E-state index < -0.39 is 17.8 Å². The van der Waals surface area contributed by atoms with Gasteiger partial charge in [0.1, 0.15) is 0 Å². The molecule has 0 saturated carbocycles. The minimum absolute atomic E-state index is 0.0542. The van der Waals surface area contributed by atoms with E-state index >= 15 is 0 Å². The second kappa shape index (κ2) is 7.43. The molecule has 0 aromatic rings. The molecule has 0 aromatic heterocycles. The minimum Gasteiger partial charge on any atom is -0.481 e. The first-order valence-electron chi connectivity index (χ1n) is 5.42. The smallest absolute Gasteiger partial charge is 0.306 e. The third-order valence-corrected chi connectivity index (χ3v) is 2.41. The number of carbonyl (C=O) groups excluding carboxylic acids is 1. The SMILES string of the molecule is CCC(CC(C)C(=O)O)NC(=O)/C(N)=C/C=N. The lowest BCUT2D eigenvalue weighted by atomic mass is 10.00. The van der Waals surface area contributed by atoms with E-state index in [1.165, 1.54) is 6.08 Å². The molecule has 0 aliphatic rings. The second-order valence-corrected chi connectivity index (χ2v) is 3.84. The summed E-state index contributed by atoms with van der Waals surface area (Å²) in [5.74, 6) is -1.88. The third kappa shape index (κ3) is 5.70. The summed E-state index contributed by atoms with van der Waals surface area (Å²) in [7, 11) is 0. The van der Waals surface area contributed by atoms with Gasteiger partial charge in [-0.3, -0.25) is 9.59 Å². The monoisotopic (exact) mass is 241 g/mol. The molecule has 0 aromatic carbocycles. The summed E-state index contributed by atoms with van der Waals surface area (Å²) in [5, 5.41) is 18.2. The molecule has 0 fully saturated rings. The first kappa shape index (κ1) is 15.2. The van der Waals surface area contributed by atoms with Crippen molar-refractivity contribution in [3.05, 3.63) is 11.8 Å². The van der Waals surface area contributed by atoms with Gasteiger partial charge < -0.3 is 21.6 Å². The van der Waals surface area contributed by atoms with E-state index in [1.54, 1.807) is 6.92 Å². The normalized spacial score (nSPS) is 14.8. The van der Waals surface area contributed by atoms with Gasteiger partial charge in [-0.2, -0.15) is 0 Å². The number of hydrogen-bond acceptors (Lipinski definition) is 4. The first-order chi connectivity index (χ1) is 7.92. The molecule has 6 heteroatoms. The zero-order valence-electron chi connectivity index (χ0n) is 10.1. The predicted octanol–water partition coefficient (Wildman–Crippen LogP) is 0.484. The van der Waals surface area contributed by atoms with E-state index in [0.29, 0.717) is 12.8 Å². The van der Waals surface area contributed by atoms with Gasteiger partial charge in [-0.25, -0.2) is 0 Å². The summed E-state index contributed by atoms with van der Waals surface area (Å²) in [6.07, 6.45) is 3.09. The van der Waals surface area contributed by atoms with E-state index in [4.69, 9.17) is 16.2 Å². The van der Waals surface area contributed by atoms with E-state index in [0.717, 1.165) is 6.21 Å². The van der Waals surface area contributed by atoms with E-state index in [-0.39, 0.29) is 11.7 Å². The van der Waals surface area contributed by atoms with Crippen LogP contribution >= 0.6 is 0 Å². The number of carboxylic acid groups (broad SMARTS) is 1. The Morgan fingerprint density at radius 2 is 2.12 bits per heavy atom. The molecule has 0 spiro atoms. The average Bonchev–Trinajstić information content (AvgIpc) is 2.27. The molecule has 0 radical (unpaired) electrons. The predicted molar refractivity (Wildman–Crippen MR) is 64.7 cm³/mol. The number of rotatable bonds is 7. The van der Waals surface area contributed by atoms with Crippen molar-refractivity contribution in [3.8, 4) is 0 Å². The number of aliphatic carboxylic acids is 1. The highest BCUT2D eigenvalue weighted by molar-refractivity contribution is 5.96. The van der Waals surface area contributed by atoms with Crippen LogP contribution in [0.1, 0.15) is 26.7 Å². The van der Waals surface area contributed by atoms with Gasteiger partial charge in [0.15, 0.2) is 0 Å². The van der Waals surface area contributed by atoms with Crippen molar-refractivity contribution in [2.45, 2.75) is 32.7 Å². The Labute approximate surface area is 100 Å². The summed E-state index contributed by atoms with van der Waals surface area (Å²) >= 11 is 0. The van der Waals surface area contributed by atoms with E-state index in [9.17, 15) is 9.59 Å². The second-order valence-electron chi connectivity index (χ2n) is 3.84. The van der Waals surface area contributed by atoms with Crippen molar-refractivity contribution in [1.29, 1.82) is 5.41 Å². The molecule has 17 heavy (non-hydrogen) atoms. The molecule has 5 N–H and O–H groups in total. The Morgan fingerprint density at radius 3 is 2.53 bits per heavy atom. The topological polar surface area (TPSA) is 116 Å². The molecule has 0 saturated heterocycles. The molecule has 0 aliphatic carbocycles. The molecule has 0 bridgehead atoms. The lowest BCUT2D eigenvalue weighted by Gasteiger charge is -2.19. The largest absolute Gasteiger partial charge is 0.481 e. The highest BCUT2D eigenvalue weighted by Crippen LogP contribution is 2.09. The standard InChI is InChI=1S/C11H19N3O3/c1-3-8(6-7(2)11(16)17)14-10(15)9(13)4-5-12/h4-5,7-8,12H,3,6,13H2,1-2H3,(H,14,15)(H,16,17)/b9-4-,12-5?. The summed E-state index contributed by atoms with van der Waals surface area (Å²) in [6.45, 7) is 3.45.